The molecule has 36 heavy (non-hydrogen) atoms. The van der Waals surface area contributed by atoms with Gasteiger partial charge in [-0.25, -0.2) is 4.98 Å². The summed E-state index contributed by atoms with van der Waals surface area (Å²) in [6, 6.07) is 3.63. The molecule has 3 atom stereocenters. The summed E-state index contributed by atoms with van der Waals surface area (Å²) in [4.78, 5) is 71.1. The molecule has 1 aliphatic rings. The number of hydrogen-bond donors (Lipinski definition) is 5. The first-order chi connectivity index (χ1) is 17.2. The van der Waals surface area contributed by atoms with E-state index in [9.17, 15) is 34.2 Å². The molecule has 2 heterocycles. The van der Waals surface area contributed by atoms with Gasteiger partial charge in [-0.05, 0) is 12.1 Å². The van der Waals surface area contributed by atoms with Gasteiger partial charge in [-0.15, -0.1) is 0 Å². The number of aromatic nitrogens is 2. The molecule has 14 heteroatoms. The van der Waals surface area contributed by atoms with Crippen molar-refractivity contribution in [1.29, 1.82) is 0 Å². The molecule has 1 aromatic heterocycles. The fraction of sp³-hybridized carbons (Fsp3) is 0.318. The van der Waals surface area contributed by atoms with E-state index < -0.39 is 61.6 Å². The van der Waals surface area contributed by atoms with Crippen molar-refractivity contribution < 1.29 is 39.3 Å². The molecule has 5 N–H and O–H groups in total. The minimum Gasteiger partial charge on any atom is -0.481 e. The molecule has 190 valence electrons. The average Bonchev–Trinajstić information content (AvgIpc) is 2.98. The smallest absolute Gasteiger partial charge is 0.305 e. The summed E-state index contributed by atoms with van der Waals surface area (Å²) in [7, 11) is 0. The quantitative estimate of drug-likeness (QED) is 0.224. The number of benzene rings is 1. The van der Waals surface area contributed by atoms with E-state index in [0.29, 0.717) is 0 Å². The number of nitrogens with one attached hydrogen (secondary N) is 2. The minimum atomic E-state index is -1.45. The van der Waals surface area contributed by atoms with E-state index in [1.54, 1.807) is 18.2 Å². The highest BCUT2D eigenvalue weighted by atomic mass is 16.4. The summed E-state index contributed by atoms with van der Waals surface area (Å²) in [5, 5.41) is 33.7. The summed E-state index contributed by atoms with van der Waals surface area (Å²) < 4.78 is 0. The van der Waals surface area contributed by atoms with E-state index in [-0.39, 0.29) is 29.9 Å². The Morgan fingerprint density at radius 2 is 1.92 bits per heavy atom. The fourth-order valence-electron chi connectivity index (χ4n) is 3.63. The van der Waals surface area contributed by atoms with E-state index in [2.05, 4.69) is 20.6 Å². The van der Waals surface area contributed by atoms with Gasteiger partial charge in [0.1, 0.15) is 30.8 Å². The van der Waals surface area contributed by atoms with E-state index in [0.717, 1.165) is 4.90 Å². The second-order valence-corrected chi connectivity index (χ2v) is 7.75. The molecular formula is C22H24N6O8. The maximum absolute atomic E-state index is 13.6. The Hall–Kier alpha value is -4.43. The van der Waals surface area contributed by atoms with Gasteiger partial charge in [0.15, 0.2) is 0 Å². The number of anilines is 2. The summed E-state index contributed by atoms with van der Waals surface area (Å²) >= 11 is 0. The highest BCUT2D eigenvalue weighted by Gasteiger charge is 2.37. The van der Waals surface area contributed by atoms with Gasteiger partial charge in [-0.2, -0.15) is 0 Å². The van der Waals surface area contributed by atoms with Crippen LogP contribution in [0.2, 0.25) is 0 Å². The van der Waals surface area contributed by atoms with Crippen LogP contribution in [0.15, 0.2) is 42.9 Å². The van der Waals surface area contributed by atoms with Gasteiger partial charge in [0.05, 0.1) is 36.6 Å². The van der Waals surface area contributed by atoms with Crippen LogP contribution in [0.3, 0.4) is 0 Å². The van der Waals surface area contributed by atoms with Crippen molar-refractivity contribution in [2.75, 3.05) is 29.5 Å². The number of hydrogen-bond acceptors (Lipinski definition) is 10. The summed E-state index contributed by atoms with van der Waals surface area (Å²) in [6.45, 7) is -1.58. The number of fused-ring (bicyclic) bond motifs is 1. The van der Waals surface area contributed by atoms with Gasteiger partial charge in [-0.3, -0.25) is 29.1 Å². The lowest BCUT2D eigenvalue weighted by Gasteiger charge is -2.30. The third-order valence-corrected chi connectivity index (χ3v) is 5.26. The molecule has 3 amide bonds. The molecule has 14 nitrogen and oxygen atoms in total. The molecule has 0 fully saturated rings. The normalized spacial score (nSPS) is 16.8. The molecule has 2 aromatic rings. The minimum absolute atomic E-state index is 0.0758. The Morgan fingerprint density at radius 3 is 2.53 bits per heavy atom. The van der Waals surface area contributed by atoms with Crippen LogP contribution in [-0.2, 0) is 19.2 Å². The van der Waals surface area contributed by atoms with Gasteiger partial charge in [0.25, 0.3) is 11.8 Å². The summed E-state index contributed by atoms with van der Waals surface area (Å²) in [6.07, 6.45) is 2.03. The molecule has 0 spiro atoms. The maximum atomic E-state index is 13.6. The van der Waals surface area contributed by atoms with Crippen LogP contribution in [0.5, 0.6) is 0 Å². The molecule has 0 radical (unpaired) electrons. The topological polar surface area (TPSA) is 202 Å². The molecule has 1 aliphatic heterocycles. The zero-order valence-corrected chi connectivity index (χ0v) is 18.9. The number of aliphatic hydroxyl groups excluding tert-OH is 2. The summed E-state index contributed by atoms with van der Waals surface area (Å²) in [5.74, 6) is -3.60. The standard InChI is InChI=1S/C22H24N6O8/c29-11-13(7-20(33)34)25-18(31)10-28-17-4-2-1-3-16(17)27(19(32)12-30)9-15(22(28)36)26-21(35)14-8-23-5-6-24-14/h1-6,8,11,13,15,19,30,32H,7,9-10,12H2,(H,25,31)(H,26,35)(H,33,34)/t13-,15-,19?/m0/s1. The lowest BCUT2D eigenvalue weighted by molar-refractivity contribution is -0.138. The number of carbonyl (C=O) groups excluding carboxylic acids is 4. The van der Waals surface area contributed by atoms with Crippen molar-refractivity contribution in [3.8, 4) is 0 Å². The fourth-order valence-corrected chi connectivity index (χ4v) is 3.63. The van der Waals surface area contributed by atoms with Crippen LogP contribution in [0.4, 0.5) is 11.4 Å². The number of aliphatic hydroxyl groups is 2. The summed E-state index contributed by atoms with van der Waals surface area (Å²) in [5.41, 5.74) is 0.393. The molecule has 0 saturated heterocycles. The SMILES string of the molecule is O=C[C@H](CC(=O)O)NC(=O)CN1C(=O)[C@@H](NC(=O)c2cnccn2)CN(C(O)CO)c2ccccc21. The Labute approximate surface area is 204 Å². The van der Waals surface area contributed by atoms with Crippen molar-refractivity contribution in [2.24, 2.45) is 0 Å². The zero-order chi connectivity index (χ0) is 26.2. The van der Waals surface area contributed by atoms with Crippen LogP contribution in [0, 0.1) is 0 Å². The molecule has 1 unspecified atom stereocenters. The van der Waals surface area contributed by atoms with Gasteiger partial charge < -0.3 is 35.6 Å². The van der Waals surface area contributed by atoms with Gasteiger partial charge in [0.2, 0.25) is 5.91 Å². The Morgan fingerprint density at radius 1 is 1.19 bits per heavy atom. The van der Waals surface area contributed by atoms with Gasteiger partial charge in [-0.1, -0.05) is 12.1 Å². The van der Waals surface area contributed by atoms with E-state index in [4.69, 9.17) is 5.11 Å². The molecule has 1 aromatic carbocycles. The van der Waals surface area contributed by atoms with Gasteiger partial charge >= 0.3 is 5.97 Å². The van der Waals surface area contributed by atoms with E-state index in [1.807, 2.05) is 0 Å². The lowest BCUT2D eigenvalue weighted by Crippen LogP contribution is -2.55. The first-order valence-corrected chi connectivity index (χ1v) is 10.7. The predicted molar refractivity (Wildman–Crippen MR) is 123 cm³/mol. The first kappa shape index (κ1) is 26.2. The number of carboxylic acid groups (broad SMARTS) is 1. The molecule has 0 bridgehead atoms. The third kappa shape index (κ3) is 6.17. The molecular weight excluding hydrogens is 476 g/mol. The van der Waals surface area contributed by atoms with Crippen molar-refractivity contribution in [3.63, 3.8) is 0 Å². The van der Waals surface area contributed by atoms with Crippen molar-refractivity contribution >= 4 is 41.4 Å². The number of nitrogens with zero attached hydrogens (tertiary/aromatic N) is 4. The highest BCUT2D eigenvalue weighted by molar-refractivity contribution is 6.07. The van der Waals surface area contributed by atoms with E-state index >= 15 is 0 Å². The Bertz CT molecular complexity index is 1130. The number of amides is 3. The van der Waals surface area contributed by atoms with Crippen LogP contribution < -0.4 is 20.4 Å². The lowest BCUT2D eigenvalue weighted by atomic mass is 10.2. The molecule has 0 aliphatic carbocycles. The number of aliphatic carboxylic acids is 1. The van der Waals surface area contributed by atoms with Crippen molar-refractivity contribution in [2.45, 2.75) is 24.7 Å². The molecule has 3 rings (SSSR count). The monoisotopic (exact) mass is 500 g/mol. The van der Waals surface area contributed by atoms with Crippen LogP contribution >= 0.6 is 0 Å². The second-order valence-electron chi connectivity index (χ2n) is 7.75. The molecule has 0 saturated carbocycles. The van der Waals surface area contributed by atoms with Crippen molar-refractivity contribution in [3.05, 3.63) is 48.5 Å². The third-order valence-electron chi connectivity index (χ3n) is 5.26. The number of carboxylic acids is 1. The van der Waals surface area contributed by atoms with Crippen LogP contribution in [0.1, 0.15) is 16.9 Å². The first-order valence-electron chi connectivity index (χ1n) is 10.7. The Balaban J connectivity index is 1.95. The van der Waals surface area contributed by atoms with Gasteiger partial charge in [0, 0.05) is 18.9 Å². The van der Waals surface area contributed by atoms with Crippen molar-refractivity contribution in [1.82, 2.24) is 20.6 Å². The number of aldehydes is 1. The highest BCUT2D eigenvalue weighted by Crippen LogP contribution is 2.33. The van der Waals surface area contributed by atoms with Crippen LogP contribution in [-0.4, -0.2) is 93.3 Å². The van der Waals surface area contributed by atoms with Crippen LogP contribution in [0.25, 0.3) is 0 Å². The number of carbonyl (C=O) groups is 5. The number of rotatable bonds is 10. The average molecular weight is 500 g/mol. The second kappa shape index (κ2) is 11.8. The number of para-hydroxylation sites is 2. The van der Waals surface area contributed by atoms with E-state index in [1.165, 1.54) is 29.6 Å². The Kier molecular flexibility index (Phi) is 8.59. The predicted octanol–water partition coefficient (Wildman–Crippen LogP) is -2.10. The zero-order valence-electron chi connectivity index (χ0n) is 18.9. The largest absolute Gasteiger partial charge is 0.481 e. The maximum Gasteiger partial charge on any atom is 0.305 e.